The summed E-state index contributed by atoms with van der Waals surface area (Å²) in [5.41, 5.74) is 57.4. The molecule has 0 saturated carbocycles. The number of aromatic nitrogens is 19. The Morgan fingerprint density at radius 2 is 0.662 bits per heavy atom. The normalized spacial score (nSPS) is 14.2. The van der Waals surface area contributed by atoms with Crippen molar-refractivity contribution in [2.45, 2.75) is 154 Å². The number of halogens is 1. The highest BCUT2D eigenvalue weighted by atomic mass is 32.1. The van der Waals surface area contributed by atoms with Crippen molar-refractivity contribution < 1.29 is 24.5 Å². The van der Waals surface area contributed by atoms with E-state index in [-0.39, 0.29) is 17.1 Å². The fourth-order valence-electron chi connectivity index (χ4n) is 23.4. The summed E-state index contributed by atoms with van der Waals surface area (Å²) < 4.78 is 13.9. The number of H-pyrrole nitrogens is 6. The molecule has 30 rings (SSSR count). The van der Waals surface area contributed by atoms with E-state index < -0.39 is 11.8 Å². The molecule has 0 atom stereocenters. The van der Waals surface area contributed by atoms with Gasteiger partial charge in [0.05, 0.1) is 101 Å². The van der Waals surface area contributed by atoms with Crippen molar-refractivity contribution in [1.29, 1.82) is 0 Å². The van der Waals surface area contributed by atoms with E-state index in [4.69, 9.17) is 32.2 Å². The number of phenolic OH excluding ortho intramolecular Hbond substituents is 1. The van der Waals surface area contributed by atoms with E-state index in [9.17, 15) is 24.5 Å². The molecule has 15 heterocycles. The van der Waals surface area contributed by atoms with Crippen LogP contribution in [-0.4, -0.2) is 117 Å². The molecule has 0 fully saturated rings. The standard InChI is InChI=1S/C21H17FN2O.C21H17N3O3.C21H19N3.C18H15N5.C18H16N4S.C17H15N5S/c22-16-11-12(5-8-19(16)25)21-14-4-2-1-3-13(14)20-15-9-10-23-17(15)6-7-18(20)24-21;25-18-8-5-11(9-14(18)21(26)27)20-13-4-2-1-3-12(13)19-15-10-22-24-16(15)6-7-17(19)23-20;22-14-7-5-13(6-8-14)21-16-4-2-1-3-15(16)20-17-11-12-23-18(17)9-10-19(20)24-21;1-2-4-13-12(3-1)17-14-9-21-23-15(14)5-6-16(17)22-18(13)11-7-19-10-20-8-11;19-18-21-9-15(23-18)17-11-4-2-1-3-10(11)16-12-7-8-20-13(12)5-6-14(16)22-17;18-17-19-8-14(23-17)16-10-4-2-1-3-9(10)15-11-7-20-22-12(11)5-6-13(15)21-16/h5-11,24-25H,1-4H2;5-10,25H,1-4H2,(H,22,24)(H,26,27);5-12,24H,1-4,22H2;5-10H,1-4H2,(H,21,23);5-9,22H,1-4H2,(H2,19,21);5-8H,1-4H2,(H2,18,19)(H,20,22). The smallest absolute Gasteiger partial charge is 0.339 e. The Kier molecular flexibility index (Phi) is 23.2. The maximum atomic E-state index is 13.9. The minimum atomic E-state index is -1.15. The Morgan fingerprint density at radius 3 is 1.09 bits per heavy atom. The summed E-state index contributed by atoms with van der Waals surface area (Å²) >= 11 is 3.06. The average Bonchev–Trinajstić information content (AvgIpc) is 1.75. The largest absolute Gasteiger partial charge is 0.507 e. The van der Waals surface area contributed by atoms with Crippen LogP contribution in [0.25, 0.3) is 197 Å². The fourth-order valence-corrected chi connectivity index (χ4v) is 24.9. The minimum absolute atomic E-state index is 0.107. The third-order valence-corrected chi connectivity index (χ3v) is 31.7. The second kappa shape index (κ2) is 37.6. The van der Waals surface area contributed by atoms with Crippen LogP contribution in [-0.2, 0) is 77.0 Å². The van der Waals surface area contributed by atoms with Crippen molar-refractivity contribution in [3.63, 3.8) is 0 Å². The first-order chi connectivity index (χ1) is 71.2. The lowest BCUT2D eigenvalue weighted by Crippen LogP contribution is -2.08. The number of phenols is 2. The van der Waals surface area contributed by atoms with E-state index in [0.29, 0.717) is 10.3 Å². The summed E-state index contributed by atoms with van der Waals surface area (Å²) in [4.78, 5) is 69.5. The second-order valence-electron chi connectivity index (χ2n) is 38.4. The van der Waals surface area contributed by atoms with Crippen LogP contribution in [0, 0.1) is 5.82 Å². The number of anilines is 3. The first-order valence-corrected chi connectivity index (χ1v) is 51.5. The Labute approximate surface area is 836 Å². The molecule has 29 heteroatoms. The van der Waals surface area contributed by atoms with Gasteiger partial charge in [-0.2, -0.15) is 15.3 Å². The number of aromatic carboxylic acids is 1. The number of carboxylic acids is 1. The number of nitrogens with one attached hydrogen (secondary N) is 6. The number of aryl methyl sites for hydroxylation is 6. The number of rotatable bonds is 7. The van der Waals surface area contributed by atoms with E-state index in [0.717, 1.165) is 217 Å². The zero-order chi connectivity index (χ0) is 97.6. The van der Waals surface area contributed by atoms with E-state index in [1.807, 2.05) is 92.3 Å². The molecule has 0 bridgehead atoms. The van der Waals surface area contributed by atoms with Crippen LogP contribution in [0.1, 0.15) is 154 Å². The first-order valence-electron chi connectivity index (χ1n) is 49.9. The summed E-state index contributed by atoms with van der Waals surface area (Å²) in [6.45, 7) is 0. The molecular weight excluding hydrogens is 1850 g/mol. The number of fused-ring (bicyclic) bond motifs is 30. The molecule has 15 N–H and O–H groups in total. The topological polar surface area (TPSA) is 418 Å². The molecule has 0 saturated heterocycles. The number of thiazole rings is 2. The van der Waals surface area contributed by atoms with Gasteiger partial charge >= 0.3 is 5.97 Å². The van der Waals surface area contributed by atoms with Crippen molar-refractivity contribution in [2.24, 2.45) is 0 Å². The van der Waals surface area contributed by atoms with E-state index in [1.54, 1.807) is 29.8 Å². The van der Waals surface area contributed by atoms with Crippen molar-refractivity contribution in [2.75, 3.05) is 17.2 Å². The molecule has 24 aromatic rings. The van der Waals surface area contributed by atoms with Gasteiger partial charge in [-0.15, -0.1) is 0 Å². The third kappa shape index (κ3) is 16.4. The van der Waals surface area contributed by atoms with Crippen LogP contribution < -0.4 is 17.2 Å². The lowest BCUT2D eigenvalue weighted by atomic mass is 9.85. The predicted molar refractivity (Wildman–Crippen MR) is 578 cm³/mol. The number of hydrogen-bond acceptors (Lipinski definition) is 21. The highest BCUT2D eigenvalue weighted by Gasteiger charge is 2.31. The number of nitrogen functional groups attached to an aromatic ring is 3. The minimum Gasteiger partial charge on any atom is -0.507 e. The van der Waals surface area contributed by atoms with Gasteiger partial charge in [-0.05, 0) is 366 Å². The molecule has 26 nitrogen and oxygen atoms in total. The quantitative estimate of drug-likeness (QED) is 0.0659. The second-order valence-corrected chi connectivity index (χ2v) is 40.5. The summed E-state index contributed by atoms with van der Waals surface area (Å²) in [5, 5.41) is 66.4. The maximum Gasteiger partial charge on any atom is 0.339 e. The first kappa shape index (κ1) is 89.6. The summed E-state index contributed by atoms with van der Waals surface area (Å²) in [6.07, 6.45) is 47.4. The van der Waals surface area contributed by atoms with Gasteiger partial charge in [0.25, 0.3) is 0 Å². The molecule has 6 aliphatic rings. The van der Waals surface area contributed by atoms with E-state index in [1.165, 1.54) is 242 Å². The fraction of sp³-hybridized carbons (Fsp3) is 0.207. The lowest BCUT2D eigenvalue weighted by molar-refractivity contribution is 0.0693. The highest BCUT2D eigenvalue weighted by Crippen LogP contribution is 2.48. The molecule has 0 radical (unpaired) electrons. The number of benzene rings is 9. The zero-order valence-corrected chi connectivity index (χ0v) is 80.9. The van der Waals surface area contributed by atoms with Crippen LogP contribution in [0.15, 0.2) is 220 Å². The molecule has 0 unspecified atom stereocenters. The zero-order valence-electron chi connectivity index (χ0n) is 79.2. The maximum absolute atomic E-state index is 13.9. The molecule has 0 amide bonds. The summed E-state index contributed by atoms with van der Waals surface area (Å²) in [5.74, 6) is -2.29. The third-order valence-electron chi connectivity index (χ3n) is 30.0. The van der Waals surface area contributed by atoms with Gasteiger partial charge in [0.15, 0.2) is 21.8 Å². The van der Waals surface area contributed by atoms with Crippen LogP contribution >= 0.6 is 22.7 Å². The Balaban J connectivity index is 0.0000000910. The molecule has 145 heavy (non-hydrogen) atoms. The van der Waals surface area contributed by atoms with Crippen molar-refractivity contribution in [3.05, 3.63) is 298 Å². The van der Waals surface area contributed by atoms with Crippen molar-refractivity contribution in [3.8, 4) is 77.7 Å². The predicted octanol–water partition coefficient (Wildman–Crippen LogP) is 25.5. The number of carbonyl (C=O) groups is 1. The highest BCUT2D eigenvalue weighted by molar-refractivity contribution is 7.19. The number of aromatic amines is 6. The van der Waals surface area contributed by atoms with Crippen LogP contribution in [0.4, 0.5) is 20.3 Å². The molecule has 0 aliphatic heterocycles. The molecule has 0 spiro atoms. The molecular formula is C116H99FN22O4S2. The SMILES string of the molecule is Nc1ccc(-c2[nH]c3ccc4nccc4c3c3c2CCCC3)cc1.Nc1ncc(-c2[nH]c3ccc4nccc4c3c3c2CCCC3)s1.Nc1ncc(-c2nc3ccc4[nH]ncc4c3c3c2CCCC3)s1.O=C(O)c1cc(-c2nc3ccc4[nH]ncc4c3c3c2CCCC3)ccc1O.Oc1ccc(-c2[nH]c3ccc4nccc4c3c3c2CCCC3)cc1F.c1ncc(-c2nc3ccc4[nH]ncc4c3c3c2CCCC3)cn1. The van der Waals surface area contributed by atoms with Crippen LogP contribution in [0.2, 0.25) is 0 Å². The number of pyridine rings is 6. The van der Waals surface area contributed by atoms with Gasteiger partial charge in [0.1, 0.15) is 17.6 Å². The van der Waals surface area contributed by atoms with E-state index >= 15 is 0 Å². The average molecular weight is 1950 g/mol. The molecule has 716 valence electrons. The van der Waals surface area contributed by atoms with Crippen molar-refractivity contribution >= 4 is 175 Å². The lowest BCUT2D eigenvalue weighted by Gasteiger charge is -2.23. The molecule has 15 aromatic heterocycles. The van der Waals surface area contributed by atoms with Gasteiger partial charge in [-0.1, -0.05) is 34.8 Å². The summed E-state index contributed by atoms with van der Waals surface area (Å²) in [7, 11) is 0. The summed E-state index contributed by atoms with van der Waals surface area (Å²) in [6, 6.07) is 48.6. The van der Waals surface area contributed by atoms with Gasteiger partial charge in [0.2, 0.25) is 0 Å². The number of nitrogens with zero attached hydrogens (tertiary/aromatic N) is 13. The Bertz CT molecular complexity index is 9100. The molecule has 6 aliphatic carbocycles. The van der Waals surface area contributed by atoms with Crippen molar-refractivity contribution in [1.82, 2.24) is 95.4 Å². The molecule has 9 aromatic carbocycles. The Morgan fingerprint density at radius 1 is 0.310 bits per heavy atom. The number of aromatic hydroxyl groups is 2. The van der Waals surface area contributed by atoms with Gasteiger partial charge in [-0.25, -0.2) is 44.1 Å². The number of hydrogen-bond donors (Lipinski definition) is 12. The number of carboxylic acid groups (broad SMARTS) is 1. The van der Waals surface area contributed by atoms with Gasteiger partial charge < -0.3 is 47.5 Å². The monoisotopic (exact) mass is 1950 g/mol. The van der Waals surface area contributed by atoms with Gasteiger partial charge in [0, 0.05) is 158 Å². The number of nitrogens with two attached hydrogens (primary N) is 3. The van der Waals surface area contributed by atoms with Crippen LogP contribution in [0.3, 0.4) is 0 Å². The van der Waals surface area contributed by atoms with Gasteiger partial charge in [-0.3, -0.25) is 30.2 Å². The Hall–Kier alpha value is -16.8. The van der Waals surface area contributed by atoms with E-state index in [2.05, 4.69) is 165 Å². The van der Waals surface area contributed by atoms with Crippen LogP contribution in [0.5, 0.6) is 11.5 Å².